The molecular formula is C14H32N4. The highest BCUT2D eigenvalue weighted by Gasteiger charge is 2.12. The van der Waals surface area contributed by atoms with Crippen molar-refractivity contribution in [1.29, 1.82) is 0 Å². The molecule has 1 rings (SSSR count). The van der Waals surface area contributed by atoms with Gasteiger partial charge in [-0.05, 0) is 39.6 Å². The van der Waals surface area contributed by atoms with Gasteiger partial charge < -0.3 is 15.1 Å². The van der Waals surface area contributed by atoms with Crippen molar-refractivity contribution in [2.75, 3.05) is 72.5 Å². The molecule has 1 fully saturated rings. The fourth-order valence-electron chi connectivity index (χ4n) is 2.40. The Morgan fingerprint density at radius 1 is 1.00 bits per heavy atom. The number of piperazine rings is 1. The molecule has 1 N–H and O–H groups in total. The van der Waals surface area contributed by atoms with Crippen LogP contribution in [0.4, 0.5) is 0 Å². The van der Waals surface area contributed by atoms with Crippen LogP contribution in [0.3, 0.4) is 0 Å². The van der Waals surface area contributed by atoms with Crippen LogP contribution in [0.5, 0.6) is 0 Å². The third kappa shape index (κ3) is 6.69. The summed E-state index contributed by atoms with van der Waals surface area (Å²) in [4.78, 5) is 7.47. The first kappa shape index (κ1) is 15.9. The van der Waals surface area contributed by atoms with E-state index in [4.69, 9.17) is 0 Å². The molecule has 0 radical (unpaired) electrons. The van der Waals surface area contributed by atoms with E-state index in [9.17, 15) is 0 Å². The summed E-state index contributed by atoms with van der Waals surface area (Å²) in [7, 11) is 2.21. The second-order valence-electron chi connectivity index (χ2n) is 5.28. The highest BCUT2D eigenvalue weighted by molar-refractivity contribution is 4.69. The van der Waals surface area contributed by atoms with E-state index >= 15 is 0 Å². The molecule has 0 aliphatic carbocycles. The van der Waals surface area contributed by atoms with Crippen LogP contribution in [-0.2, 0) is 0 Å². The van der Waals surface area contributed by atoms with Crippen LogP contribution in [0.25, 0.3) is 0 Å². The molecule has 18 heavy (non-hydrogen) atoms. The molecule has 0 bridgehead atoms. The minimum atomic E-state index is 1.14. The van der Waals surface area contributed by atoms with E-state index in [0.717, 1.165) is 13.1 Å². The molecule has 1 saturated heterocycles. The number of nitrogens with zero attached hydrogens (tertiary/aromatic N) is 3. The number of hydrogen-bond acceptors (Lipinski definition) is 4. The fourth-order valence-corrected chi connectivity index (χ4v) is 2.40. The molecule has 4 nitrogen and oxygen atoms in total. The lowest BCUT2D eigenvalue weighted by molar-refractivity contribution is 0.154. The number of rotatable bonds is 9. The Bertz CT molecular complexity index is 186. The van der Waals surface area contributed by atoms with Gasteiger partial charge in [0.2, 0.25) is 0 Å². The van der Waals surface area contributed by atoms with Gasteiger partial charge in [0.1, 0.15) is 0 Å². The van der Waals surface area contributed by atoms with Crippen molar-refractivity contribution < 1.29 is 0 Å². The largest absolute Gasteiger partial charge is 0.315 e. The van der Waals surface area contributed by atoms with E-state index < -0.39 is 0 Å². The molecule has 0 spiro atoms. The zero-order valence-corrected chi connectivity index (χ0v) is 12.6. The lowest BCUT2D eigenvalue weighted by Crippen LogP contribution is -2.46. The van der Waals surface area contributed by atoms with Gasteiger partial charge >= 0.3 is 0 Å². The van der Waals surface area contributed by atoms with Gasteiger partial charge in [-0.25, -0.2) is 0 Å². The summed E-state index contributed by atoms with van der Waals surface area (Å²) in [5.41, 5.74) is 0. The zero-order valence-electron chi connectivity index (χ0n) is 12.6. The first-order valence-electron chi connectivity index (χ1n) is 7.60. The summed E-state index contributed by atoms with van der Waals surface area (Å²) >= 11 is 0. The Morgan fingerprint density at radius 2 is 1.67 bits per heavy atom. The van der Waals surface area contributed by atoms with Gasteiger partial charge in [0.15, 0.2) is 0 Å². The summed E-state index contributed by atoms with van der Waals surface area (Å²) in [5.74, 6) is 0. The summed E-state index contributed by atoms with van der Waals surface area (Å²) in [6, 6.07) is 0. The monoisotopic (exact) mass is 256 g/mol. The van der Waals surface area contributed by atoms with Crippen molar-refractivity contribution >= 4 is 0 Å². The second kappa shape index (κ2) is 9.73. The van der Waals surface area contributed by atoms with E-state index in [1.54, 1.807) is 0 Å². The summed E-state index contributed by atoms with van der Waals surface area (Å²) in [6.45, 7) is 16.5. The maximum atomic E-state index is 3.57. The summed E-state index contributed by atoms with van der Waals surface area (Å²) < 4.78 is 0. The van der Waals surface area contributed by atoms with Crippen LogP contribution in [0.1, 0.15) is 20.3 Å². The normalized spacial score (nSPS) is 18.7. The van der Waals surface area contributed by atoms with E-state index in [1.807, 2.05) is 0 Å². The zero-order chi connectivity index (χ0) is 13.2. The summed E-state index contributed by atoms with van der Waals surface area (Å²) in [5, 5.41) is 3.57. The predicted molar refractivity (Wildman–Crippen MR) is 79.2 cm³/mol. The average molecular weight is 256 g/mol. The van der Waals surface area contributed by atoms with Crippen molar-refractivity contribution in [3.63, 3.8) is 0 Å². The van der Waals surface area contributed by atoms with E-state index in [-0.39, 0.29) is 0 Å². The van der Waals surface area contributed by atoms with Crippen LogP contribution in [0.15, 0.2) is 0 Å². The Hall–Kier alpha value is -0.160. The third-order valence-corrected chi connectivity index (χ3v) is 3.92. The van der Waals surface area contributed by atoms with Gasteiger partial charge in [-0.3, -0.25) is 4.90 Å². The second-order valence-corrected chi connectivity index (χ2v) is 5.28. The van der Waals surface area contributed by atoms with Gasteiger partial charge in [-0.15, -0.1) is 0 Å². The number of likely N-dealkylation sites (N-methyl/N-ethyl adjacent to an activating group) is 1. The highest BCUT2D eigenvalue weighted by atomic mass is 15.2. The maximum Gasteiger partial charge on any atom is 0.0110 e. The van der Waals surface area contributed by atoms with Gasteiger partial charge in [-0.1, -0.05) is 13.8 Å². The Labute approximate surface area is 113 Å². The van der Waals surface area contributed by atoms with Crippen LogP contribution in [0, 0.1) is 0 Å². The Morgan fingerprint density at radius 3 is 2.28 bits per heavy atom. The van der Waals surface area contributed by atoms with E-state index in [2.05, 4.69) is 40.9 Å². The van der Waals surface area contributed by atoms with E-state index in [0.29, 0.717) is 0 Å². The maximum absolute atomic E-state index is 3.57. The molecule has 4 heteroatoms. The molecule has 1 aliphatic heterocycles. The number of nitrogens with one attached hydrogen (secondary N) is 1. The van der Waals surface area contributed by atoms with Crippen molar-refractivity contribution in [3.8, 4) is 0 Å². The number of hydrogen-bond donors (Lipinski definition) is 1. The van der Waals surface area contributed by atoms with Crippen molar-refractivity contribution in [2.45, 2.75) is 20.3 Å². The fraction of sp³-hybridized carbons (Fsp3) is 1.00. The molecule has 0 aromatic heterocycles. The lowest BCUT2D eigenvalue weighted by Gasteiger charge is -2.32. The first-order valence-corrected chi connectivity index (χ1v) is 7.60. The molecule has 0 atom stereocenters. The van der Waals surface area contributed by atoms with Crippen LogP contribution < -0.4 is 5.32 Å². The Balaban J connectivity index is 1.89. The lowest BCUT2D eigenvalue weighted by atomic mass is 10.3. The van der Waals surface area contributed by atoms with Crippen LogP contribution >= 0.6 is 0 Å². The summed E-state index contributed by atoms with van der Waals surface area (Å²) in [6.07, 6.45) is 1.27. The molecule has 0 unspecified atom stereocenters. The van der Waals surface area contributed by atoms with Crippen LogP contribution in [-0.4, -0.2) is 87.2 Å². The predicted octanol–water partition coefficient (Wildman–Crippen LogP) is 0.555. The topological polar surface area (TPSA) is 21.8 Å². The molecule has 1 heterocycles. The standard InChI is InChI=1S/C14H32N4/c1-4-17(5-2)9-6-7-15-8-10-18-13-11-16(3)12-14-18/h15H,4-14H2,1-3H3. The van der Waals surface area contributed by atoms with Gasteiger partial charge in [0.05, 0.1) is 0 Å². The van der Waals surface area contributed by atoms with Crippen molar-refractivity contribution in [3.05, 3.63) is 0 Å². The SMILES string of the molecule is CCN(CC)CCCNCCN1CCN(C)CC1. The van der Waals surface area contributed by atoms with Gasteiger partial charge in [-0.2, -0.15) is 0 Å². The third-order valence-electron chi connectivity index (χ3n) is 3.92. The first-order chi connectivity index (χ1) is 8.76. The van der Waals surface area contributed by atoms with E-state index in [1.165, 1.54) is 58.8 Å². The van der Waals surface area contributed by atoms with Gasteiger partial charge in [0.25, 0.3) is 0 Å². The quantitative estimate of drug-likeness (QED) is 0.608. The van der Waals surface area contributed by atoms with Crippen molar-refractivity contribution in [1.82, 2.24) is 20.0 Å². The molecular weight excluding hydrogens is 224 g/mol. The highest BCUT2D eigenvalue weighted by Crippen LogP contribution is 1.97. The molecule has 0 aromatic rings. The minimum absolute atomic E-state index is 1.14. The van der Waals surface area contributed by atoms with Crippen molar-refractivity contribution in [2.24, 2.45) is 0 Å². The molecule has 0 saturated carbocycles. The molecule has 0 aromatic carbocycles. The molecule has 108 valence electrons. The minimum Gasteiger partial charge on any atom is -0.315 e. The van der Waals surface area contributed by atoms with Gasteiger partial charge in [0, 0.05) is 39.3 Å². The molecule has 0 amide bonds. The average Bonchev–Trinajstić information content (AvgIpc) is 2.40. The Kier molecular flexibility index (Phi) is 8.59. The molecule has 1 aliphatic rings. The van der Waals surface area contributed by atoms with Crippen LogP contribution in [0.2, 0.25) is 0 Å². The smallest absolute Gasteiger partial charge is 0.0110 e.